The molecule has 2 unspecified atom stereocenters. The first kappa shape index (κ1) is 11.9. The summed E-state index contributed by atoms with van der Waals surface area (Å²) >= 11 is 0. The third-order valence-corrected chi connectivity index (χ3v) is 2.98. The maximum absolute atomic E-state index is 5.78. The lowest BCUT2D eigenvalue weighted by Crippen LogP contribution is -2.58. The van der Waals surface area contributed by atoms with E-state index in [9.17, 15) is 0 Å². The molecule has 84 valence electrons. The third kappa shape index (κ3) is 2.92. The van der Waals surface area contributed by atoms with Crippen LogP contribution < -0.4 is 5.73 Å². The summed E-state index contributed by atoms with van der Waals surface area (Å²) in [6.45, 7) is 7.04. The highest BCUT2D eigenvalue weighted by molar-refractivity contribution is 4.84. The molecule has 1 heterocycles. The second kappa shape index (κ2) is 5.66. The molecule has 0 aromatic heterocycles. The molecule has 0 saturated carbocycles. The molecule has 0 bridgehead atoms. The van der Waals surface area contributed by atoms with Gasteiger partial charge in [-0.3, -0.25) is 4.90 Å². The summed E-state index contributed by atoms with van der Waals surface area (Å²) < 4.78 is 5.18. The highest BCUT2D eigenvalue weighted by atomic mass is 16.5. The topological polar surface area (TPSA) is 41.7 Å². The predicted octanol–water partition coefficient (Wildman–Crippen LogP) is -0.404. The van der Waals surface area contributed by atoms with Gasteiger partial charge in [0.15, 0.2) is 0 Å². The van der Waals surface area contributed by atoms with Crippen molar-refractivity contribution < 1.29 is 4.74 Å². The van der Waals surface area contributed by atoms with Crippen LogP contribution in [0.25, 0.3) is 0 Å². The molecule has 0 aromatic carbocycles. The number of likely N-dealkylation sites (N-methyl/N-ethyl adjacent to an activating group) is 1. The Hall–Kier alpha value is -0.160. The van der Waals surface area contributed by atoms with Gasteiger partial charge >= 0.3 is 0 Å². The molecule has 14 heavy (non-hydrogen) atoms. The number of hydrogen-bond donors (Lipinski definition) is 1. The summed E-state index contributed by atoms with van der Waals surface area (Å²) in [5, 5.41) is 0. The van der Waals surface area contributed by atoms with Crippen molar-refractivity contribution in [1.29, 1.82) is 0 Å². The molecule has 0 amide bonds. The van der Waals surface area contributed by atoms with Gasteiger partial charge in [-0.15, -0.1) is 0 Å². The van der Waals surface area contributed by atoms with Crippen LogP contribution in [0.4, 0.5) is 0 Å². The molecule has 1 saturated heterocycles. The van der Waals surface area contributed by atoms with Crippen LogP contribution in [-0.2, 0) is 4.74 Å². The number of methoxy groups -OCH3 is 1. The van der Waals surface area contributed by atoms with Gasteiger partial charge in [-0.1, -0.05) is 0 Å². The van der Waals surface area contributed by atoms with E-state index in [4.69, 9.17) is 10.5 Å². The minimum atomic E-state index is 0.474. The fourth-order valence-corrected chi connectivity index (χ4v) is 2.15. The minimum absolute atomic E-state index is 0.474. The average molecular weight is 201 g/mol. The summed E-state index contributed by atoms with van der Waals surface area (Å²) in [4.78, 5) is 4.80. The van der Waals surface area contributed by atoms with E-state index in [2.05, 4.69) is 23.8 Å². The van der Waals surface area contributed by atoms with Crippen LogP contribution in [0.5, 0.6) is 0 Å². The average Bonchev–Trinajstić information content (AvgIpc) is 2.17. The molecule has 4 nitrogen and oxygen atoms in total. The molecule has 0 radical (unpaired) electrons. The standard InChI is InChI=1S/C10H23N3O/c1-9(8-14-3)13-5-4-12(2)7-10(13)6-11/h9-10H,4-8,11H2,1-3H3. The van der Waals surface area contributed by atoms with Crippen LogP contribution in [-0.4, -0.2) is 68.8 Å². The summed E-state index contributed by atoms with van der Waals surface area (Å²) in [5.74, 6) is 0. The van der Waals surface area contributed by atoms with Gasteiger partial charge in [0.1, 0.15) is 0 Å². The van der Waals surface area contributed by atoms with Crippen molar-refractivity contribution in [1.82, 2.24) is 9.80 Å². The highest BCUT2D eigenvalue weighted by Gasteiger charge is 2.27. The van der Waals surface area contributed by atoms with Crippen molar-refractivity contribution in [3.05, 3.63) is 0 Å². The SMILES string of the molecule is COCC(C)N1CCN(C)CC1CN. The molecule has 1 aliphatic rings. The van der Waals surface area contributed by atoms with Crippen molar-refractivity contribution in [2.45, 2.75) is 19.0 Å². The van der Waals surface area contributed by atoms with Crippen molar-refractivity contribution in [2.24, 2.45) is 5.73 Å². The molecule has 2 atom stereocenters. The molecule has 0 spiro atoms. The molecule has 2 N–H and O–H groups in total. The predicted molar refractivity (Wildman–Crippen MR) is 58.4 cm³/mol. The molecule has 1 fully saturated rings. The lowest BCUT2D eigenvalue weighted by Gasteiger charge is -2.42. The molecule has 1 aliphatic heterocycles. The van der Waals surface area contributed by atoms with Gasteiger partial charge in [-0.2, -0.15) is 0 Å². The van der Waals surface area contributed by atoms with Crippen molar-refractivity contribution in [3.63, 3.8) is 0 Å². The summed E-state index contributed by atoms with van der Waals surface area (Å²) in [5.41, 5.74) is 5.78. The van der Waals surface area contributed by atoms with Gasteiger partial charge in [-0.05, 0) is 14.0 Å². The number of nitrogens with zero attached hydrogens (tertiary/aromatic N) is 2. The first-order chi connectivity index (χ1) is 6.69. The second-order valence-corrected chi connectivity index (χ2v) is 4.19. The number of piperazine rings is 1. The van der Waals surface area contributed by atoms with Crippen LogP contribution >= 0.6 is 0 Å². The van der Waals surface area contributed by atoms with E-state index >= 15 is 0 Å². The Bertz CT molecular complexity index is 165. The zero-order valence-corrected chi connectivity index (χ0v) is 9.57. The van der Waals surface area contributed by atoms with Gasteiger partial charge in [0, 0.05) is 45.4 Å². The molecule has 0 aliphatic carbocycles. The normalized spacial score (nSPS) is 27.9. The van der Waals surface area contributed by atoms with E-state index in [1.807, 2.05) is 0 Å². The van der Waals surface area contributed by atoms with E-state index in [0.29, 0.717) is 12.1 Å². The van der Waals surface area contributed by atoms with E-state index in [1.54, 1.807) is 7.11 Å². The number of nitrogens with two attached hydrogens (primary N) is 1. The minimum Gasteiger partial charge on any atom is -0.383 e. The first-order valence-corrected chi connectivity index (χ1v) is 5.32. The van der Waals surface area contributed by atoms with Gasteiger partial charge in [0.2, 0.25) is 0 Å². The Labute approximate surface area is 87.0 Å². The van der Waals surface area contributed by atoms with Crippen LogP contribution in [0.3, 0.4) is 0 Å². The Morgan fingerprint density at radius 2 is 2.21 bits per heavy atom. The van der Waals surface area contributed by atoms with E-state index in [-0.39, 0.29) is 0 Å². The Kier molecular flexibility index (Phi) is 4.81. The smallest absolute Gasteiger partial charge is 0.0615 e. The van der Waals surface area contributed by atoms with Crippen LogP contribution in [0.2, 0.25) is 0 Å². The fourth-order valence-electron chi connectivity index (χ4n) is 2.15. The second-order valence-electron chi connectivity index (χ2n) is 4.19. The van der Waals surface area contributed by atoms with Crippen LogP contribution in [0, 0.1) is 0 Å². The molecular weight excluding hydrogens is 178 g/mol. The summed E-state index contributed by atoms with van der Waals surface area (Å²) in [7, 11) is 3.91. The van der Waals surface area contributed by atoms with Gasteiger partial charge in [-0.25, -0.2) is 0 Å². The largest absolute Gasteiger partial charge is 0.383 e. The molecule has 0 aromatic rings. The zero-order valence-electron chi connectivity index (χ0n) is 9.57. The lowest BCUT2D eigenvalue weighted by molar-refractivity contribution is 0.0267. The van der Waals surface area contributed by atoms with Crippen molar-refractivity contribution >= 4 is 0 Å². The Morgan fingerprint density at radius 1 is 1.50 bits per heavy atom. The molecule has 4 heteroatoms. The van der Waals surface area contributed by atoms with E-state index < -0.39 is 0 Å². The number of rotatable bonds is 4. The highest BCUT2D eigenvalue weighted by Crippen LogP contribution is 2.11. The van der Waals surface area contributed by atoms with Gasteiger partial charge < -0.3 is 15.4 Å². The van der Waals surface area contributed by atoms with Gasteiger partial charge in [0.05, 0.1) is 6.61 Å². The number of ether oxygens (including phenoxy) is 1. The van der Waals surface area contributed by atoms with Crippen LogP contribution in [0.15, 0.2) is 0 Å². The summed E-state index contributed by atoms with van der Waals surface area (Å²) in [6, 6.07) is 0.959. The molecular formula is C10H23N3O. The van der Waals surface area contributed by atoms with E-state index in [1.165, 1.54) is 0 Å². The third-order valence-electron chi connectivity index (χ3n) is 2.98. The quantitative estimate of drug-likeness (QED) is 0.672. The number of hydrogen-bond acceptors (Lipinski definition) is 4. The van der Waals surface area contributed by atoms with E-state index in [0.717, 1.165) is 32.8 Å². The Morgan fingerprint density at radius 3 is 2.79 bits per heavy atom. The van der Waals surface area contributed by atoms with Crippen molar-refractivity contribution in [2.75, 3.05) is 46.9 Å². The van der Waals surface area contributed by atoms with Crippen molar-refractivity contribution in [3.8, 4) is 0 Å². The summed E-state index contributed by atoms with van der Waals surface area (Å²) in [6.07, 6.45) is 0. The first-order valence-electron chi connectivity index (χ1n) is 5.32. The maximum Gasteiger partial charge on any atom is 0.0615 e. The van der Waals surface area contributed by atoms with Crippen LogP contribution in [0.1, 0.15) is 6.92 Å². The fraction of sp³-hybridized carbons (Fsp3) is 1.00. The maximum atomic E-state index is 5.78. The monoisotopic (exact) mass is 201 g/mol. The Balaban J connectivity index is 2.49. The van der Waals surface area contributed by atoms with Gasteiger partial charge in [0.25, 0.3) is 0 Å². The lowest BCUT2D eigenvalue weighted by atomic mass is 10.1. The molecule has 1 rings (SSSR count). The zero-order chi connectivity index (χ0) is 10.6.